The van der Waals surface area contributed by atoms with Gasteiger partial charge in [-0.3, -0.25) is 9.48 Å². The fourth-order valence-electron chi connectivity index (χ4n) is 2.14. The molecule has 1 N–H and O–H groups in total. The van der Waals surface area contributed by atoms with Gasteiger partial charge in [0.2, 0.25) is 0 Å². The summed E-state index contributed by atoms with van der Waals surface area (Å²) in [4.78, 5) is 12.0. The fourth-order valence-corrected chi connectivity index (χ4v) is 2.69. The number of aryl methyl sites for hydroxylation is 1. The zero-order chi connectivity index (χ0) is 17.7. The molecule has 1 heterocycles. The maximum atomic E-state index is 12.0. The molecule has 5 nitrogen and oxygen atoms in total. The van der Waals surface area contributed by atoms with Crippen LogP contribution in [0.15, 0.2) is 45.6 Å². The number of allylic oxidation sites excluding steroid dienone is 1. The van der Waals surface area contributed by atoms with E-state index in [1.807, 2.05) is 13.0 Å². The topological polar surface area (TPSA) is 59.3 Å². The molecule has 0 aliphatic rings. The molecule has 126 valence electrons. The predicted octanol–water partition coefficient (Wildman–Crippen LogP) is 4.13. The number of hydrazone groups is 1. The highest BCUT2D eigenvalue weighted by molar-refractivity contribution is 9.10. The van der Waals surface area contributed by atoms with E-state index < -0.39 is 0 Å². The lowest BCUT2D eigenvalue weighted by molar-refractivity contribution is 0.0948. The number of carbonyl (C=O) groups excluding carboxylic acids is 1. The number of nitrogens with zero attached hydrogens (tertiary/aromatic N) is 3. The molecule has 24 heavy (non-hydrogen) atoms. The first-order valence-corrected chi connectivity index (χ1v) is 8.47. The van der Waals surface area contributed by atoms with Crippen molar-refractivity contribution < 1.29 is 4.79 Å². The van der Waals surface area contributed by atoms with Crippen LogP contribution in [0.4, 0.5) is 0 Å². The van der Waals surface area contributed by atoms with Gasteiger partial charge in [-0.15, -0.1) is 0 Å². The minimum atomic E-state index is -0.354. The van der Waals surface area contributed by atoms with Crippen LogP contribution in [0.3, 0.4) is 0 Å². The Kier molecular flexibility index (Phi) is 6.09. The van der Waals surface area contributed by atoms with Crippen LogP contribution < -0.4 is 5.43 Å². The van der Waals surface area contributed by atoms with Gasteiger partial charge in [0.15, 0.2) is 5.69 Å². The maximum Gasteiger partial charge on any atom is 0.293 e. The van der Waals surface area contributed by atoms with Gasteiger partial charge in [-0.25, -0.2) is 5.43 Å². The summed E-state index contributed by atoms with van der Waals surface area (Å²) in [6.45, 7) is 6.28. The Balaban J connectivity index is 1.98. The lowest BCUT2D eigenvalue weighted by atomic mass is 10.0. The Morgan fingerprint density at radius 2 is 2.00 bits per heavy atom. The molecule has 6 heteroatoms. The van der Waals surface area contributed by atoms with Crippen molar-refractivity contribution in [1.29, 1.82) is 0 Å². The van der Waals surface area contributed by atoms with Crippen LogP contribution in [-0.2, 0) is 7.05 Å². The van der Waals surface area contributed by atoms with Crippen LogP contribution >= 0.6 is 15.9 Å². The number of hydrogen-bond acceptors (Lipinski definition) is 3. The van der Waals surface area contributed by atoms with Crippen LogP contribution in [0.2, 0.25) is 0 Å². The molecule has 0 bridgehead atoms. The van der Waals surface area contributed by atoms with Crippen molar-refractivity contribution in [2.24, 2.45) is 12.1 Å². The van der Waals surface area contributed by atoms with Crippen LogP contribution in [0, 0.1) is 0 Å². The highest BCUT2D eigenvalue weighted by Crippen LogP contribution is 2.16. The summed E-state index contributed by atoms with van der Waals surface area (Å²) in [6, 6.07) is 8.41. The predicted molar refractivity (Wildman–Crippen MR) is 101 cm³/mol. The van der Waals surface area contributed by atoms with E-state index >= 15 is 0 Å². The van der Waals surface area contributed by atoms with Gasteiger partial charge in [0, 0.05) is 13.2 Å². The molecule has 0 aliphatic heterocycles. The average molecular weight is 389 g/mol. The standard InChI is InChI=1S/C18H21BrN4O/c1-12(2)15-7-5-14(6-8-15)9-13(3)10-20-21-18(24)17-16(19)11-23(4)22-17/h5-12H,1-4H3,(H,21,24). The van der Waals surface area contributed by atoms with Crippen molar-refractivity contribution in [3.8, 4) is 0 Å². The van der Waals surface area contributed by atoms with Gasteiger partial charge < -0.3 is 0 Å². The number of nitrogens with one attached hydrogen (secondary N) is 1. The zero-order valence-corrected chi connectivity index (χ0v) is 15.8. The third kappa shape index (κ3) is 4.89. The average Bonchev–Trinajstić information content (AvgIpc) is 2.86. The van der Waals surface area contributed by atoms with Gasteiger partial charge in [-0.05, 0) is 45.5 Å². The van der Waals surface area contributed by atoms with E-state index in [1.165, 1.54) is 5.56 Å². The smallest absolute Gasteiger partial charge is 0.274 e. The van der Waals surface area contributed by atoms with E-state index in [0.29, 0.717) is 16.1 Å². The van der Waals surface area contributed by atoms with Crippen molar-refractivity contribution >= 4 is 34.1 Å². The molecular formula is C18H21BrN4O. The second-order valence-electron chi connectivity index (χ2n) is 5.91. The fraction of sp³-hybridized carbons (Fsp3) is 0.278. The summed E-state index contributed by atoms with van der Waals surface area (Å²) in [7, 11) is 1.75. The molecule has 0 unspecified atom stereocenters. The van der Waals surface area contributed by atoms with Gasteiger partial charge in [-0.1, -0.05) is 44.2 Å². The first-order chi connectivity index (χ1) is 11.4. The normalized spacial score (nSPS) is 12.2. The molecule has 1 aromatic heterocycles. The molecule has 0 saturated heterocycles. The Bertz CT molecular complexity index is 773. The van der Waals surface area contributed by atoms with Crippen molar-refractivity contribution in [2.45, 2.75) is 26.7 Å². The zero-order valence-electron chi connectivity index (χ0n) is 14.2. The molecule has 2 rings (SSSR count). The molecule has 0 aliphatic carbocycles. The summed E-state index contributed by atoms with van der Waals surface area (Å²) >= 11 is 3.29. The van der Waals surface area contributed by atoms with Crippen LogP contribution in [0.25, 0.3) is 6.08 Å². The van der Waals surface area contributed by atoms with Crippen LogP contribution in [-0.4, -0.2) is 21.9 Å². The second-order valence-corrected chi connectivity index (χ2v) is 6.76. The third-order valence-electron chi connectivity index (χ3n) is 3.43. The Morgan fingerprint density at radius 3 is 2.54 bits per heavy atom. The molecule has 0 atom stereocenters. The minimum absolute atomic E-state index is 0.306. The van der Waals surface area contributed by atoms with Crippen molar-refractivity contribution in [2.75, 3.05) is 0 Å². The maximum absolute atomic E-state index is 12.0. The van der Waals surface area contributed by atoms with E-state index in [4.69, 9.17) is 0 Å². The van der Waals surface area contributed by atoms with Gasteiger partial charge >= 0.3 is 0 Å². The number of hydrogen-bond donors (Lipinski definition) is 1. The van der Waals surface area contributed by atoms with Crippen LogP contribution in [0.5, 0.6) is 0 Å². The highest BCUT2D eigenvalue weighted by Gasteiger charge is 2.13. The SMILES string of the molecule is CC(C=NNC(=O)c1nn(C)cc1Br)=Cc1ccc(C(C)C)cc1. The molecule has 0 radical (unpaired) electrons. The molecule has 1 aromatic carbocycles. The first-order valence-electron chi connectivity index (χ1n) is 7.67. The number of benzene rings is 1. The lowest BCUT2D eigenvalue weighted by Gasteiger charge is -2.05. The summed E-state index contributed by atoms with van der Waals surface area (Å²) in [5, 5.41) is 8.04. The summed E-state index contributed by atoms with van der Waals surface area (Å²) in [5.74, 6) is 0.166. The molecule has 1 amide bonds. The third-order valence-corrected chi connectivity index (χ3v) is 4.01. The molecule has 0 fully saturated rings. The monoisotopic (exact) mass is 388 g/mol. The number of carbonyl (C=O) groups is 1. The highest BCUT2D eigenvalue weighted by atomic mass is 79.9. The van der Waals surface area contributed by atoms with E-state index in [2.05, 4.69) is 69.7 Å². The van der Waals surface area contributed by atoms with Gasteiger partial charge in [0.25, 0.3) is 5.91 Å². The lowest BCUT2D eigenvalue weighted by Crippen LogP contribution is -2.18. The first kappa shape index (κ1) is 18.1. The van der Waals surface area contributed by atoms with Crippen molar-refractivity contribution in [3.63, 3.8) is 0 Å². The Labute approximate surface area is 150 Å². The van der Waals surface area contributed by atoms with E-state index in [0.717, 1.165) is 11.1 Å². The molecular weight excluding hydrogens is 368 g/mol. The summed E-state index contributed by atoms with van der Waals surface area (Å²) in [5.41, 5.74) is 6.13. The van der Waals surface area contributed by atoms with Gasteiger partial charge in [0.1, 0.15) is 0 Å². The minimum Gasteiger partial charge on any atom is -0.274 e. The second kappa shape index (κ2) is 8.06. The quantitative estimate of drug-likeness (QED) is 0.618. The number of aromatic nitrogens is 2. The number of amides is 1. The van der Waals surface area contributed by atoms with Crippen molar-refractivity contribution in [3.05, 3.63) is 57.3 Å². The van der Waals surface area contributed by atoms with Crippen LogP contribution in [0.1, 0.15) is 48.3 Å². The van der Waals surface area contributed by atoms with Gasteiger partial charge in [0.05, 0.1) is 10.7 Å². The number of rotatable bonds is 5. The Morgan fingerprint density at radius 1 is 1.33 bits per heavy atom. The number of halogens is 1. The summed E-state index contributed by atoms with van der Waals surface area (Å²) in [6.07, 6.45) is 5.34. The summed E-state index contributed by atoms with van der Waals surface area (Å²) < 4.78 is 2.20. The Hall–Kier alpha value is -2.21. The van der Waals surface area contributed by atoms with Gasteiger partial charge in [-0.2, -0.15) is 10.2 Å². The van der Waals surface area contributed by atoms with E-state index in [-0.39, 0.29) is 5.91 Å². The van der Waals surface area contributed by atoms with E-state index in [1.54, 1.807) is 24.1 Å². The molecule has 2 aromatic rings. The van der Waals surface area contributed by atoms with E-state index in [9.17, 15) is 4.79 Å². The van der Waals surface area contributed by atoms with Crippen molar-refractivity contribution in [1.82, 2.24) is 15.2 Å². The molecule has 0 spiro atoms. The molecule has 0 saturated carbocycles. The largest absolute Gasteiger partial charge is 0.293 e.